The first-order valence-electron chi connectivity index (χ1n) is 7.36. The second kappa shape index (κ2) is 6.92. The van der Waals surface area contributed by atoms with Crippen LogP contribution in [-0.4, -0.2) is 19.8 Å². The van der Waals surface area contributed by atoms with E-state index in [0.29, 0.717) is 12.0 Å². The number of nitrogen functional groups attached to an aromatic ring is 1. The van der Waals surface area contributed by atoms with Gasteiger partial charge in [0.05, 0.1) is 0 Å². The van der Waals surface area contributed by atoms with Crippen molar-refractivity contribution in [3.05, 3.63) is 29.3 Å². The molecule has 0 fully saturated rings. The van der Waals surface area contributed by atoms with Crippen molar-refractivity contribution in [3.63, 3.8) is 0 Å². The van der Waals surface area contributed by atoms with Gasteiger partial charge in [-0.25, -0.2) is 0 Å². The first-order chi connectivity index (χ1) is 9.16. The minimum Gasteiger partial charge on any atom is -0.399 e. The number of nitrogens with two attached hydrogens (primary N) is 1. The van der Waals surface area contributed by atoms with Gasteiger partial charge in [0.2, 0.25) is 0 Å². The number of hydrogen-bond donors (Lipinski definition) is 2. The van der Waals surface area contributed by atoms with Gasteiger partial charge < -0.3 is 15.8 Å². The van der Waals surface area contributed by atoms with Crippen LogP contribution in [0.1, 0.15) is 43.9 Å². The largest absolute Gasteiger partial charge is 0.399 e. The van der Waals surface area contributed by atoms with Gasteiger partial charge in [-0.15, -0.1) is 0 Å². The zero-order valence-electron chi connectivity index (χ0n) is 12.1. The number of hydrogen-bond acceptors (Lipinski definition) is 3. The minimum atomic E-state index is 0.501. The third kappa shape index (κ3) is 4.22. The molecular formula is C16H26N2O. The summed E-state index contributed by atoms with van der Waals surface area (Å²) in [4.78, 5) is 0. The maximum atomic E-state index is 5.82. The summed E-state index contributed by atoms with van der Waals surface area (Å²) in [7, 11) is 0. The van der Waals surface area contributed by atoms with Crippen molar-refractivity contribution in [2.75, 3.05) is 25.5 Å². The number of nitrogens with one attached hydrogen (secondary N) is 1. The highest BCUT2D eigenvalue weighted by Crippen LogP contribution is 2.32. The van der Waals surface area contributed by atoms with Crippen LogP contribution in [0.3, 0.4) is 0 Å². The lowest BCUT2D eigenvalue weighted by Gasteiger charge is -2.14. The molecule has 0 heterocycles. The summed E-state index contributed by atoms with van der Waals surface area (Å²) in [6.45, 7) is 7.10. The van der Waals surface area contributed by atoms with Crippen LogP contribution >= 0.6 is 0 Å². The smallest absolute Gasteiger partial charge is 0.0489 e. The van der Waals surface area contributed by atoms with E-state index in [4.69, 9.17) is 10.5 Å². The molecular weight excluding hydrogens is 236 g/mol. The van der Waals surface area contributed by atoms with E-state index in [1.54, 1.807) is 0 Å². The van der Waals surface area contributed by atoms with Crippen molar-refractivity contribution in [2.45, 2.75) is 39.2 Å². The van der Waals surface area contributed by atoms with Gasteiger partial charge in [-0.05, 0) is 55.0 Å². The molecule has 106 valence electrons. The fraction of sp³-hybridized carbons (Fsp3) is 0.625. The van der Waals surface area contributed by atoms with Crippen LogP contribution in [0.5, 0.6) is 0 Å². The quantitative estimate of drug-likeness (QED) is 0.587. The molecule has 0 saturated heterocycles. The Morgan fingerprint density at radius 1 is 1.42 bits per heavy atom. The van der Waals surface area contributed by atoms with E-state index in [9.17, 15) is 0 Å². The van der Waals surface area contributed by atoms with Crippen molar-refractivity contribution in [1.82, 2.24) is 5.32 Å². The molecule has 2 rings (SSSR count). The highest BCUT2D eigenvalue weighted by atomic mass is 16.5. The van der Waals surface area contributed by atoms with Crippen molar-refractivity contribution in [1.29, 1.82) is 0 Å². The number of benzene rings is 1. The maximum absolute atomic E-state index is 5.82. The molecule has 3 heteroatoms. The fourth-order valence-electron chi connectivity index (χ4n) is 2.62. The summed E-state index contributed by atoms with van der Waals surface area (Å²) in [6.07, 6.45) is 3.40. The Kier molecular flexibility index (Phi) is 5.23. The van der Waals surface area contributed by atoms with Crippen LogP contribution in [0.4, 0.5) is 5.69 Å². The summed E-state index contributed by atoms with van der Waals surface area (Å²) in [5.41, 5.74) is 9.53. The predicted octanol–water partition coefficient (Wildman–Crippen LogP) is 2.91. The van der Waals surface area contributed by atoms with Crippen LogP contribution in [0, 0.1) is 5.92 Å². The maximum Gasteiger partial charge on any atom is 0.0489 e. The van der Waals surface area contributed by atoms with E-state index in [1.165, 1.54) is 17.5 Å². The van der Waals surface area contributed by atoms with Crippen molar-refractivity contribution in [2.24, 2.45) is 5.92 Å². The third-order valence-electron chi connectivity index (χ3n) is 3.55. The molecule has 0 radical (unpaired) electrons. The number of rotatable bonds is 7. The molecule has 19 heavy (non-hydrogen) atoms. The van der Waals surface area contributed by atoms with Gasteiger partial charge in [-0.3, -0.25) is 0 Å². The Hall–Kier alpha value is -1.06. The summed E-state index contributed by atoms with van der Waals surface area (Å²) in [6, 6.07) is 6.79. The molecule has 3 nitrogen and oxygen atoms in total. The molecule has 0 spiro atoms. The lowest BCUT2D eigenvalue weighted by molar-refractivity contribution is 0.107. The Morgan fingerprint density at radius 3 is 3.05 bits per heavy atom. The lowest BCUT2D eigenvalue weighted by Crippen LogP contribution is -2.21. The van der Waals surface area contributed by atoms with E-state index in [0.717, 1.165) is 38.3 Å². The molecule has 1 aromatic carbocycles. The van der Waals surface area contributed by atoms with E-state index < -0.39 is 0 Å². The number of aryl methyl sites for hydroxylation is 1. The van der Waals surface area contributed by atoms with Gasteiger partial charge in [-0.1, -0.05) is 19.9 Å². The topological polar surface area (TPSA) is 47.3 Å². The Labute approximate surface area is 116 Å². The summed E-state index contributed by atoms with van der Waals surface area (Å²) in [5, 5.41) is 3.62. The second-order valence-electron chi connectivity index (χ2n) is 5.83. The highest BCUT2D eigenvalue weighted by molar-refractivity contribution is 5.47. The predicted molar refractivity (Wildman–Crippen MR) is 80.2 cm³/mol. The average Bonchev–Trinajstić information content (AvgIpc) is 2.75. The molecule has 1 aliphatic rings. The number of fused-ring (bicyclic) bond motifs is 1. The van der Waals surface area contributed by atoms with Gasteiger partial charge in [0, 0.05) is 24.9 Å². The van der Waals surface area contributed by atoms with Crippen LogP contribution in [0.2, 0.25) is 0 Å². The Morgan fingerprint density at radius 2 is 2.26 bits per heavy atom. The monoisotopic (exact) mass is 262 g/mol. The van der Waals surface area contributed by atoms with Gasteiger partial charge in [0.15, 0.2) is 0 Å². The van der Waals surface area contributed by atoms with Crippen LogP contribution in [-0.2, 0) is 11.2 Å². The van der Waals surface area contributed by atoms with E-state index >= 15 is 0 Å². The SMILES string of the molecule is CC(C)COCCCNC1CCc2cc(N)ccc21. The van der Waals surface area contributed by atoms with E-state index in [1.807, 2.05) is 6.07 Å². The molecule has 3 N–H and O–H groups in total. The molecule has 1 aromatic rings. The van der Waals surface area contributed by atoms with Gasteiger partial charge >= 0.3 is 0 Å². The zero-order valence-corrected chi connectivity index (χ0v) is 12.1. The van der Waals surface area contributed by atoms with E-state index in [2.05, 4.69) is 31.3 Å². The van der Waals surface area contributed by atoms with Crippen molar-refractivity contribution >= 4 is 5.69 Å². The molecule has 0 aromatic heterocycles. The van der Waals surface area contributed by atoms with Crippen LogP contribution in [0.25, 0.3) is 0 Å². The molecule has 0 saturated carbocycles. The van der Waals surface area contributed by atoms with Gasteiger partial charge in [0.1, 0.15) is 0 Å². The summed E-state index contributed by atoms with van der Waals surface area (Å²) >= 11 is 0. The molecule has 1 aliphatic carbocycles. The van der Waals surface area contributed by atoms with E-state index in [-0.39, 0.29) is 0 Å². The first kappa shape index (κ1) is 14.4. The fourth-order valence-corrected chi connectivity index (χ4v) is 2.62. The number of ether oxygens (including phenoxy) is 1. The minimum absolute atomic E-state index is 0.501. The molecule has 1 atom stereocenters. The number of anilines is 1. The van der Waals surface area contributed by atoms with Crippen LogP contribution in [0.15, 0.2) is 18.2 Å². The summed E-state index contributed by atoms with van der Waals surface area (Å²) < 4.78 is 5.59. The molecule has 1 unspecified atom stereocenters. The Balaban J connectivity index is 1.69. The second-order valence-corrected chi connectivity index (χ2v) is 5.83. The molecule has 0 bridgehead atoms. The van der Waals surface area contributed by atoms with Crippen molar-refractivity contribution < 1.29 is 4.74 Å². The standard InChI is InChI=1S/C16H26N2O/c1-12(2)11-19-9-3-8-18-16-7-4-13-10-14(17)5-6-15(13)16/h5-6,10,12,16,18H,3-4,7-9,11,17H2,1-2H3. The molecule has 0 aliphatic heterocycles. The normalized spacial score (nSPS) is 17.9. The van der Waals surface area contributed by atoms with Gasteiger partial charge in [-0.2, -0.15) is 0 Å². The zero-order chi connectivity index (χ0) is 13.7. The van der Waals surface area contributed by atoms with Crippen LogP contribution < -0.4 is 11.1 Å². The molecule has 0 amide bonds. The lowest BCUT2D eigenvalue weighted by atomic mass is 10.1. The average molecular weight is 262 g/mol. The first-order valence-corrected chi connectivity index (χ1v) is 7.36. The third-order valence-corrected chi connectivity index (χ3v) is 3.55. The highest BCUT2D eigenvalue weighted by Gasteiger charge is 2.21. The Bertz CT molecular complexity index is 404. The van der Waals surface area contributed by atoms with Gasteiger partial charge in [0.25, 0.3) is 0 Å². The summed E-state index contributed by atoms with van der Waals surface area (Å²) in [5.74, 6) is 0.625. The van der Waals surface area contributed by atoms with Crippen molar-refractivity contribution in [3.8, 4) is 0 Å².